The minimum Gasteiger partial charge on any atom is -0.434 e. The number of anilines is 1. The van der Waals surface area contributed by atoms with Crippen molar-refractivity contribution in [3.8, 4) is 11.6 Å². The average Bonchev–Trinajstić information content (AvgIpc) is 2.44. The van der Waals surface area contributed by atoms with E-state index in [4.69, 9.17) is 27.9 Å². The Morgan fingerprint density at radius 3 is 2.45 bits per heavy atom. The number of nitrogens with zero attached hydrogens (tertiary/aromatic N) is 2. The molecular formula is C13H12Cl2N4O3. The molecule has 0 saturated carbocycles. The van der Waals surface area contributed by atoms with Crippen molar-refractivity contribution in [2.24, 2.45) is 5.29 Å². The highest BCUT2D eigenvalue weighted by Crippen LogP contribution is 2.38. The molecule has 0 fully saturated rings. The first-order chi connectivity index (χ1) is 10.4. The topological polar surface area (TPSA) is 96.4 Å². The average molecular weight is 343 g/mol. The van der Waals surface area contributed by atoms with Gasteiger partial charge in [-0.25, -0.2) is 10.5 Å². The van der Waals surface area contributed by atoms with Crippen LogP contribution in [-0.2, 0) is 0 Å². The molecule has 0 saturated heterocycles. The third kappa shape index (κ3) is 3.55. The van der Waals surface area contributed by atoms with Crippen LogP contribution in [0, 0.1) is 4.91 Å². The maximum Gasteiger partial charge on any atom is 0.267 e. The highest BCUT2D eigenvalue weighted by molar-refractivity contribution is 6.37. The number of H-pyrrole nitrogens is 1. The number of aromatic amines is 1. The lowest BCUT2D eigenvalue weighted by Crippen LogP contribution is -2.15. The molecule has 0 aliphatic heterocycles. The summed E-state index contributed by atoms with van der Waals surface area (Å²) in [4.78, 5) is 21.8. The first kappa shape index (κ1) is 16.3. The Labute approximate surface area is 135 Å². The molecule has 9 heteroatoms. The Morgan fingerprint density at radius 1 is 1.27 bits per heavy atom. The second-order valence-electron chi connectivity index (χ2n) is 4.72. The van der Waals surface area contributed by atoms with E-state index >= 15 is 0 Å². The zero-order valence-corrected chi connectivity index (χ0v) is 13.2. The molecule has 1 heterocycles. The minimum atomic E-state index is -0.281. The van der Waals surface area contributed by atoms with Gasteiger partial charge in [-0.05, 0) is 18.1 Å². The molecule has 1 aromatic carbocycles. The van der Waals surface area contributed by atoms with Crippen molar-refractivity contribution in [3.63, 3.8) is 0 Å². The van der Waals surface area contributed by atoms with Gasteiger partial charge in [-0.2, -0.15) is 0 Å². The number of ether oxygens (including phenoxy) is 1. The van der Waals surface area contributed by atoms with Crippen LogP contribution in [0.3, 0.4) is 0 Å². The largest absolute Gasteiger partial charge is 0.434 e. The van der Waals surface area contributed by atoms with Crippen LogP contribution in [-0.4, -0.2) is 10.2 Å². The van der Waals surface area contributed by atoms with Crippen molar-refractivity contribution in [1.82, 2.24) is 10.2 Å². The number of nitrogens with one attached hydrogen (secondary N) is 2. The zero-order valence-electron chi connectivity index (χ0n) is 11.7. The van der Waals surface area contributed by atoms with Crippen molar-refractivity contribution >= 4 is 28.9 Å². The van der Waals surface area contributed by atoms with Crippen molar-refractivity contribution < 1.29 is 4.74 Å². The van der Waals surface area contributed by atoms with Crippen LogP contribution in [0.2, 0.25) is 10.0 Å². The summed E-state index contributed by atoms with van der Waals surface area (Å²) in [7, 11) is 0. The van der Waals surface area contributed by atoms with Gasteiger partial charge in [-0.1, -0.05) is 37.0 Å². The summed E-state index contributed by atoms with van der Waals surface area (Å²) >= 11 is 12.1. The molecule has 0 aliphatic rings. The first-order valence-corrected chi connectivity index (χ1v) is 7.03. The second-order valence-corrected chi connectivity index (χ2v) is 5.53. The molecule has 2 aromatic rings. The van der Waals surface area contributed by atoms with Crippen molar-refractivity contribution in [1.29, 1.82) is 0 Å². The Kier molecular flexibility index (Phi) is 4.99. The van der Waals surface area contributed by atoms with Gasteiger partial charge in [0.1, 0.15) is 0 Å². The molecule has 1 aromatic heterocycles. The van der Waals surface area contributed by atoms with E-state index in [1.54, 1.807) is 0 Å². The van der Waals surface area contributed by atoms with E-state index in [2.05, 4.69) is 20.9 Å². The number of halogens is 2. The summed E-state index contributed by atoms with van der Waals surface area (Å²) in [6.07, 6.45) is 0. The van der Waals surface area contributed by atoms with E-state index in [9.17, 15) is 9.70 Å². The van der Waals surface area contributed by atoms with E-state index in [1.165, 1.54) is 18.2 Å². The Bertz CT molecular complexity index is 738. The number of rotatable bonds is 5. The van der Waals surface area contributed by atoms with Crippen LogP contribution in [0.5, 0.6) is 11.6 Å². The SMILES string of the molecule is CC(C)c1cc(Oc2c(Cl)cc(NN=O)cc2Cl)n[nH]c1=O. The van der Waals surface area contributed by atoms with Gasteiger partial charge in [-0.3, -0.25) is 4.79 Å². The van der Waals surface area contributed by atoms with Gasteiger partial charge in [0.25, 0.3) is 5.56 Å². The van der Waals surface area contributed by atoms with E-state index in [0.717, 1.165) is 0 Å². The fraction of sp³-hybridized carbons (Fsp3) is 0.231. The molecular weight excluding hydrogens is 331 g/mol. The summed E-state index contributed by atoms with van der Waals surface area (Å²) in [5, 5.41) is 9.01. The van der Waals surface area contributed by atoms with Gasteiger partial charge in [0.05, 0.1) is 21.0 Å². The van der Waals surface area contributed by atoms with Crippen LogP contribution < -0.4 is 15.7 Å². The quantitative estimate of drug-likeness (QED) is 0.630. The number of benzene rings is 1. The normalized spacial score (nSPS) is 10.6. The zero-order chi connectivity index (χ0) is 16.3. The number of hydrogen-bond donors (Lipinski definition) is 2. The molecule has 7 nitrogen and oxygen atoms in total. The van der Waals surface area contributed by atoms with Crippen molar-refractivity contribution in [3.05, 3.63) is 49.1 Å². The second kappa shape index (κ2) is 6.76. The number of nitroso groups, excluding NO2 is 1. The molecule has 2 N–H and O–H groups in total. The van der Waals surface area contributed by atoms with Gasteiger partial charge in [0, 0.05) is 11.6 Å². The van der Waals surface area contributed by atoms with E-state index in [1.807, 2.05) is 13.8 Å². The Morgan fingerprint density at radius 2 is 1.91 bits per heavy atom. The predicted molar refractivity (Wildman–Crippen MR) is 84.9 cm³/mol. The van der Waals surface area contributed by atoms with Crippen molar-refractivity contribution in [2.45, 2.75) is 19.8 Å². The van der Waals surface area contributed by atoms with Gasteiger partial charge >= 0.3 is 0 Å². The van der Waals surface area contributed by atoms with Crippen LogP contribution in [0.15, 0.2) is 28.3 Å². The van der Waals surface area contributed by atoms with Gasteiger partial charge < -0.3 is 4.74 Å². The summed E-state index contributed by atoms with van der Waals surface area (Å²) in [5.41, 5.74) is 2.77. The first-order valence-electron chi connectivity index (χ1n) is 6.27. The Balaban J connectivity index is 2.37. The molecule has 0 amide bonds. The standard InChI is InChI=1S/C13H12Cl2N4O3/c1-6(2)8-5-11(17-18-13(8)20)22-12-9(14)3-7(16-19-21)4-10(12)15/h3-6H,1-2H3,(H,16,21)(H,18,20). The lowest BCUT2D eigenvalue weighted by molar-refractivity contribution is 0.452. The van der Waals surface area contributed by atoms with E-state index in [0.29, 0.717) is 11.3 Å². The third-order valence-corrected chi connectivity index (χ3v) is 3.37. The van der Waals surface area contributed by atoms with E-state index < -0.39 is 0 Å². The molecule has 2 rings (SSSR count). The van der Waals surface area contributed by atoms with Crippen molar-refractivity contribution in [2.75, 3.05) is 5.43 Å². The lowest BCUT2D eigenvalue weighted by Gasteiger charge is -2.11. The molecule has 0 unspecified atom stereocenters. The fourth-order valence-corrected chi connectivity index (χ4v) is 2.33. The molecule has 0 bridgehead atoms. The lowest BCUT2D eigenvalue weighted by atomic mass is 10.1. The van der Waals surface area contributed by atoms with Gasteiger partial charge in [-0.15, -0.1) is 10.0 Å². The highest BCUT2D eigenvalue weighted by Gasteiger charge is 2.14. The van der Waals surface area contributed by atoms with Crippen LogP contribution >= 0.6 is 23.2 Å². The smallest absolute Gasteiger partial charge is 0.267 e. The maximum absolute atomic E-state index is 11.6. The predicted octanol–water partition coefficient (Wildman–Crippen LogP) is 4.09. The van der Waals surface area contributed by atoms with Crippen LogP contribution in [0.25, 0.3) is 0 Å². The molecule has 22 heavy (non-hydrogen) atoms. The maximum atomic E-state index is 11.6. The molecule has 0 aliphatic carbocycles. The van der Waals surface area contributed by atoms with Gasteiger partial charge in [0.15, 0.2) is 5.75 Å². The van der Waals surface area contributed by atoms with E-state index in [-0.39, 0.29) is 33.2 Å². The van der Waals surface area contributed by atoms with Crippen LogP contribution in [0.1, 0.15) is 25.3 Å². The van der Waals surface area contributed by atoms with Gasteiger partial charge in [0.2, 0.25) is 5.88 Å². The van der Waals surface area contributed by atoms with Crippen LogP contribution in [0.4, 0.5) is 5.69 Å². The summed E-state index contributed by atoms with van der Waals surface area (Å²) in [6, 6.07) is 4.38. The highest BCUT2D eigenvalue weighted by atomic mass is 35.5. The Hall–Kier alpha value is -2.12. The molecule has 0 radical (unpaired) electrons. The molecule has 0 atom stereocenters. The summed E-state index contributed by atoms with van der Waals surface area (Å²) in [6.45, 7) is 3.75. The number of hydrogen-bond acceptors (Lipinski definition) is 5. The molecule has 0 spiro atoms. The third-order valence-electron chi connectivity index (χ3n) is 2.81. The fourth-order valence-electron chi connectivity index (χ4n) is 1.76. The summed E-state index contributed by atoms with van der Waals surface area (Å²) < 4.78 is 5.54. The molecule has 116 valence electrons. The monoisotopic (exact) mass is 342 g/mol. The summed E-state index contributed by atoms with van der Waals surface area (Å²) in [5.74, 6) is 0.320. The minimum absolute atomic E-state index is 0.00489. The number of aromatic nitrogens is 2.